The molecule has 106 valence electrons. The van der Waals surface area contributed by atoms with Crippen molar-refractivity contribution in [2.75, 3.05) is 0 Å². The summed E-state index contributed by atoms with van der Waals surface area (Å²) >= 11 is 6.22. The predicted molar refractivity (Wildman–Crippen MR) is 83.2 cm³/mol. The second kappa shape index (κ2) is 6.20. The van der Waals surface area contributed by atoms with Crippen LogP contribution in [0.5, 0.6) is 0 Å². The van der Waals surface area contributed by atoms with Crippen LogP contribution in [0.4, 0.5) is 0 Å². The van der Waals surface area contributed by atoms with Gasteiger partial charge in [-0.1, -0.05) is 50.6 Å². The van der Waals surface area contributed by atoms with E-state index in [0.29, 0.717) is 11.4 Å². The fourth-order valence-electron chi connectivity index (χ4n) is 1.59. The van der Waals surface area contributed by atoms with Crippen LogP contribution >= 0.6 is 11.6 Å². The number of halogens is 1. The molecular formula is C15H23ClO2Si. The Bertz CT molecular complexity index is 438. The third kappa shape index (κ3) is 4.16. The molecule has 0 N–H and O–H groups in total. The summed E-state index contributed by atoms with van der Waals surface area (Å²) in [6.45, 7) is 10.9. The fraction of sp³-hybridized carbons (Fsp3) is 0.533. The topological polar surface area (TPSA) is 26.3 Å². The summed E-state index contributed by atoms with van der Waals surface area (Å²) in [6, 6.07) is 7.58. The molecule has 1 rings (SSSR count). The number of rotatable bonds is 5. The second-order valence-corrected chi connectivity index (χ2v) is 11.5. The molecule has 1 atom stereocenters. The largest absolute Gasteiger partial charge is 0.409 e. The number of carbonyl (C=O) groups excluding carboxylic acids is 1. The zero-order valence-corrected chi connectivity index (χ0v) is 14.1. The average Bonchev–Trinajstić information content (AvgIpc) is 2.27. The zero-order valence-electron chi connectivity index (χ0n) is 12.4. The van der Waals surface area contributed by atoms with Gasteiger partial charge in [-0.05, 0) is 29.8 Å². The van der Waals surface area contributed by atoms with E-state index < -0.39 is 8.32 Å². The number of aldehydes is 1. The number of benzene rings is 1. The van der Waals surface area contributed by atoms with Gasteiger partial charge in [0.1, 0.15) is 6.29 Å². The monoisotopic (exact) mass is 298 g/mol. The van der Waals surface area contributed by atoms with Gasteiger partial charge in [0.2, 0.25) is 0 Å². The van der Waals surface area contributed by atoms with Crippen molar-refractivity contribution in [3.63, 3.8) is 0 Å². The molecule has 4 heteroatoms. The third-order valence-corrected chi connectivity index (χ3v) is 8.64. The van der Waals surface area contributed by atoms with E-state index in [2.05, 4.69) is 33.9 Å². The molecule has 0 aliphatic carbocycles. The van der Waals surface area contributed by atoms with E-state index in [1.54, 1.807) is 0 Å². The van der Waals surface area contributed by atoms with Gasteiger partial charge >= 0.3 is 0 Å². The van der Waals surface area contributed by atoms with E-state index in [0.717, 1.165) is 11.8 Å². The first-order chi connectivity index (χ1) is 8.69. The van der Waals surface area contributed by atoms with Crippen molar-refractivity contribution in [3.8, 4) is 0 Å². The smallest absolute Gasteiger partial charge is 0.192 e. The minimum Gasteiger partial charge on any atom is -0.409 e. The summed E-state index contributed by atoms with van der Waals surface area (Å²) in [7, 11) is -1.93. The van der Waals surface area contributed by atoms with Crippen LogP contribution in [0, 0.1) is 0 Å². The zero-order chi connectivity index (χ0) is 14.7. The van der Waals surface area contributed by atoms with Crippen LogP contribution in [-0.2, 0) is 9.22 Å². The molecule has 0 aromatic heterocycles. The number of hydrogen-bond donors (Lipinski definition) is 0. The highest BCUT2D eigenvalue weighted by Gasteiger charge is 2.39. The lowest BCUT2D eigenvalue weighted by Crippen LogP contribution is -2.42. The molecular weight excluding hydrogens is 276 g/mol. The molecule has 2 nitrogen and oxygen atoms in total. The fourth-order valence-corrected chi connectivity index (χ4v) is 3.14. The van der Waals surface area contributed by atoms with Crippen molar-refractivity contribution in [2.24, 2.45) is 0 Å². The van der Waals surface area contributed by atoms with Crippen LogP contribution in [0.1, 0.15) is 38.9 Å². The Morgan fingerprint density at radius 1 is 1.32 bits per heavy atom. The summed E-state index contributed by atoms with van der Waals surface area (Å²) in [6.07, 6.45) is 1.00. The molecule has 0 heterocycles. The predicted octanol–water partition coefficient (Wildman–Crippen LogP) is 4.99. The van der Waals surface area contributed by atoms with Crippen LogP contribution in [-0.4, -0.2) is 14.6 Å². The van der Waals surface area contributed by atoms with E-state index >= 15 is 0 Å². The quantitative estimate of drug-likeness (QED) is 0.565. The summed E-state index contributed by atoms with van der Waals surface area (Å²) in [5, 5.41) is 0.767. The highest BCUT2D eigenvalue weighted by Crippen LogP contribution is 2.41. The standard InChI is InChI=1S/C15H23ClO2Si/c1-15(2,3)19(4,5)18-14(10-11-17)12-8-6-7-9-13(12)16/h6-9,11,14H,10H2,1-5H3. The van der Waals surface area contributed by atoms with Gasteiger partial charge in [-0.15, -0.1) is 0 Å². The molecule has 0 saturated carbocycles. The second-order valence-electron chi connectivity index (χ2n) is 6.29. The minimum atomic E-state index is -1.93. The van der Waals surface area contributed by atoms with Gasteiger partial charge in [0.05, 0.1) is 6.10 Å². The van der Waals surface area contributed by atoms with Crippen LogP contribution in [0.3, 0.4) is 0 Å². The van der Waals surface area contributed by atoms with Gasteiger partial charge in [0, 0.05) is 11.4 Å². The van der Waals surface area contributed by atoms with Gasteiger partial charge in [0.25, 0.3) is 0 Å². The molecule has 19 heavy (non-hydrogen) atoms. The van der Waals surface area contributed by atoms with Gasteiger partial charge in [-0.3, -0.25) is 0 Å². The van der Waals surface area contributed by atoms with Gasteiger partial charge < -0.3 is 9.22 Å². The minimum absolute atomic E-state index is 0.107. The first kappa shape index (κ1) is 16.4. The Morgan fingerprint density at radius 3 is 2.37 bits per heavy atom. The molecule has 0 saturated heterocycles. The van der Waals surface area contributed by atoms with Gasteiger partial charge in [0.15, 0.2) is 8.32 Å². The molecule has 0 aliphatic rings. The maximum absolute atomic E-state index is 10.9. The maximum Gasteiger partial charge on any atom is 0.192 e. The molecule has 0 fully saturated rings. The lowest BCUT2D eigenvalue weighted by atomic mass is 10.1. The number of carbonyl (C=O) groups is 1. The Morgan fingerprint density at radius 2 is 1.89 bits per heavy atom. The average molecular weight is 299 g/mol. The van der Waals surface area contributed by atoms with E-state index in [9.17, 15) is 4.79 Å². The first-order valence-electron chi connectivity index (χ1n) is 6.55. The Kier molecular flexibility index (Phi) is 5.36. The van der Waals surface area contributed by atoms with Crippen molar-refractivity contribution < 1.29 is 9.22 Å². The Hall–Kier alpha value is -0.643. The molecule has 0 aliphatic heterocycles. The summed E-state index contributed by atoms with van der Waals surface area (Å²) < 4.78 is 6.33. The molecule has 1 aromatic carbocycles. The Balaban J connectivity index is 3.04. The van der Waals surface area contributed by atoms with Gasteiger partial charge in [-0.25, -0.2) is 0 Å². The Labute approximate surface area is 122 Å². The molecule has 0 bridgehead atoms. The van der Waals surface area contributed by atoms with Crippen molar-refractivity contribution in [3.05, 3.63) is 34.9 Å². The summed E-state index contributed by atoms with van der Waals surface area (Å²) in [4.78, 5) is 10.9. The van der Waals surface area contributed by atoms with Crippen molar-refractivity contribution in [1.82, 2.24) is 0 Å². The van der Waals surface area contributed by atoms with Crippen molar-refractivity contribution in [2.45, 2.75) is 51.4 Å². The summed E-state index contributed by atoms with van der Waals surface area (Å²) in [5.41, 5.74) is 0.904. The highest BCUT2D eigenvalue weighted by molar-refractivity contribution is 6.74. The third-order valence-electron chi connectivity index (χ3n) is 3.81. The van der Waals surface area contributed by atoms with E-state index in [4.69, 9.17) is 16.0 Å². The lowest BCUT2D eigenvalue weighted by molar-refractivity contribution is -0.109. The number of hydrogen-bond acceptors (Lipinski definition) is 2. The van der Waals surface area contributed by atoms with E-state index in [1.165, 1.54) is 0 Å². The molecule has 0 spiro atoms. The van der Waals surface area contributed by atoms with E-state index in [-0.39, 0.29) is 11.1 Å². The molecule has 0 radical (unpaired) electrons. The van der Waals surface area contributed by atoms with Crippen molar-refractivity contribution in [1.29, 1.82) is 0 Å². The van der Waals surface area contributed by atoms with E-state index in [1.807, 2.05) is 24.3 Å². The first-order valence-corrected chi connectivity index (χ1v) is 9.83. The summed E-state index contributed by atoms with van der Waals surface area (Å²) in [5.74, 6) is 0. The van der Waals surface area contributed by atoms with Crippen LogP contribution in [0.15, 0.2) is 24.3 Å². The van der Waals surface area contributed by atoms with Crippen LogP contribution < -0.4 is 0 Å². The SMILES string of the molecule is CC(C)(C)[Si](C)(C)OC(CC=O)c1ccccc1Cl. The highest BCUT2D eigenvalue weighted by atomic mass is 35.5. The van der Waals surface area contributed by atoms with Crippen LogP contribution in [0.25, 0.3) is 0 Å². The van der Waals surface area contributed by atoms with Crippen LogP contribution in [0.2, 0.25) is 23.2 Å². The normalized spacial score (nSPS) is 14.2. The maximum atomic E-state index is 10.9. The van der Waals surface area contributed by atoms with Crippen molar-refractivity contribution >= 4 is 26.2 Å². The molecule has 0 amide bonds. The lowest BCUT2D eigenvalue weighted by Gasteiger charge is -2.39. The molecule has 1 aromatic rings. The van der Waals surface area contributed by atoms with Gasteiger partial charge in [-0.2, -0.15) is 0 Å². The molecule has 1 unspecified atom stereocenters.